The van der Waals surface area contributed by atoms with Crippen molar-refractivity contribution >= 4 is 5.78 Å². The van der Waals surface area contributed by atoms with Crippen LogP contribution in [0.25, 0.3) is 0 Å². The number of rotatable bonds is 4. The molecule has 2 aromatic rings. The van der Waals surface area contributed by atoms with Crippen LogP contribution < -0.4 is 4.74 Å². The van der Waals surface area contributed by atoms with Crippen LogP contribution in [0.1, 0.15) is 91.0 Å². The average Bonchev–Trinajstić information content (AvgIpc) is 3.49. The second kappa shape index (κ2) is 11.2. The summed E-state index contributed by atoms with van der Waals surface area (Å²) in [7, 11) is 0. The highest BCUT2D eigenvalue weighted by Crippen LogP contribution is 2.64. The predicted molar refractivity (Wildman–Crippen MR) is 179 cm³/mol. The summed E-state index contributed by atoms with van der Waals surface area (Å²) < 4.78 is 13.4. The number of hydrogen-bond donors (Lipinski definition) is 0. The van der Waals surface area contributed by atoms with Gasteiger partial charge in [0.1, 0.15) is 11.5 Å². The first-order valence-corrected chi connectivity index (χ1v) is 17.9. The molecule has 0 bridgehead atoms. The summed E-state index contributed by atoms with van der Waals surface area (Å²) in [6, 6.07) is 19.2. The maximum absolute atomic E-state index is 12.3. The molecule has 4 nitrogen and oxygen atoms in total. The predicted octanol–water partition coefficient (Wildman–Crippen LogP) is 9.31. The van der Waals surface area contributed by atoms with Gasteiger partial charge in [-0.15, -0.1) is 0 Å². The summed E-state index contributed by atoms with van der Waals surface area (Å²) in [4.78, 5) is 15.1. The highest BCUT2D eigenvalue weighted by atomic mass is 16.5. The number of hydrogen-bond acceptors (Lipinski definition) is 4. The summed E-state index contributed by atoms with van der Waals surface area (Å²) in [5, 5.41) is 0. The Kier molecular flexibility index (Phi) is 7.41. The van der Waals surface area contributed by atoms with Crippen molar-refractivity contribution in [2.75, 3.05) is 6.54 Å². The molecule has 2 heterocycles. The van der Waals surface area contributed by atoms with E-state index < -0.39 is 0 Å². The lowest BCUT2D eigenvalue weighted by molar-refractivity contribution is -0.116. The zero-order valence-electron chi connectivity index (χ0n) is 27.8. The van der Waals surface area contributed by atoms with Crippen molar-refractivity contribution in [3.8, 4) is 11.5 Å². The van der Waals surface area contributed by atoms with Gasteiger partial charge in [0.05, 0.1) is 11.7 Å². The highest BCUT2D eigenvalue weighted by molar-refractivity contribution is 5.91. The molecule has 2 aromatic carbocycles. The Labute approximate surface area is 270 Å². The first kappa shape index (κ1) is 29.7. The molecule has 0 radical (unpaired) electrons. The number of benzene rings is 2. The Bertz CT molecular complexity index is 1510. The smallest absolute Gasteiger partial charge is 0.155 e. The summed E-state index contributed by atoms with van der Waals surface area (Å²) >= 11 is 0. The van der Waals surface area contributed by atoms with Gasteiger partial charge >= 0.3 is 0 Å². The molecule has 45 heavy (non-hydrogen) atoms. The van der Waals surface area contributed by atoms with Crippen LogP contribution in [0.5, 0.6) is 11.5 Å². The molecule has 0 N–H and O–H groups in total. The monoisotopic (exact) mass is 605 g/mol. The van der Waals surface area contributed by atoms with E-state index in [9.17, 15) is 4.79 Å². The third-order valence-corrected chi connectivity index (χ3v) is 13.4. The zero-order chi connectivity index (χ0) is 30.9. The number of fused-ring (bicyclic) bond motifs is 6. The molecular formula is C41H51NO3. The molecule has 0 amide bonds. The van der Waals surface area contributed by atoms with Gasteiger partial charge in [0.25, 0.3) is 0 Å². The van der Waals surface area contributed by atoms with E-state index in [0.717, 1.165) is 56.2 Å². The number of likely N-dealkylation sites (tertiary alicyclic amines) is 1. The third kappa shape index (κ3) is 5.06. The van der Waals surface area contributed by atoms with E-state index in [4.69, 9.17) is 9.47 Å². The van der Waals surface area contributed by atoms with Crippen LogP contribution in [0.15, 0.2) is 77.4 Å². The first-order valence-electron chi connectivity index (χ1n) is 17.9. The Hall–Kier alpha value is -2.69. The summed E-state index contributed by atoms with van der Waals surface area (Å²) in [5.41, 5.74) is 6.39. The molecular weight excluding hydrogens is 554 g/mol. The highest BCUT2D eigenvalue weighted by Gasteiger charge is 2.59. The lowest BCUT2D eigenvalue weighted by Crippen LogP contribution is -2.51. The minimum Gasteiger partial charge on any atom is -0.457 e. The molecule has 4 aliphatic carbocycles. The molecule has 9 atom stereocenters. The van der Waals surface area contributed by atoms with E-state index in [1.165, 1.54) is 43.2 Å². The molecule has 6 aliphatic rings. The van der Waals surface area contributed by atoms with Gasteiger partial charge in [0, 0.05) is 31.5 Å². The number of para-hydroxylation sites is 1. The SMILES string of the molecule is CC1=C2C[C@H]3[C@@H](CCC4=CC(=O)CC[C@@]43C)C2CCC2(C1)O[C@@H]1C[C@H](C)CN(Cc3ccc(Oc4ccccc4)cc3)[C@H]1[C@H]2C. The van der Waals surface area contributed by atoms with Gasteiger partial charge in [-0.05, 0) is 123 Å². The standard InChI is InChI=1S/C41H51NO3/c1-26-20-38-39(42(24-26)25-29-10-13-33(14-11-29)44-32-8-6-5-7-9-32)28(3)41(45-38)19-17-34-35-15-12-30-21-31(43)16-18-40(30,4)37(35)22-36(34)27(2)23-41/h5-11,13-14,21,26,28,34-35,37-39H,12,15-20,22-25H2,1-4H3/t26-,28+,34?,35-,37-,38+,39-,40-,41?/m0/s1. The van der Waals surface area contributed by atoms with Crippen molar-refractivity contribution in [1.82, 2.24) is 4.90 Å². The van der Waals surface area contributed by atoms with Gasteiger partial charge in [-0.25, -0.2) is 0 Å². The second-order valence-corrected chi connectivity index (χ2v) is 16.0. The van der Waals surface area contributed by atoms with Crippen molar-refractivity contribution in [3.05, 3.63) is 83.0 Å². The van der Waals surface area contributed by atoms with Gasteiger partial charge in [-0.3, -0.25) is 9.69 Å². The summed E-state index contributed by atoms with van der Waals surface area (Å²) in [5.74, 6) is 5.43. The molecule has 2 saturated heterocycles. The van der Waals surface area contributed by atoms with E-state index in [1.807, 2.05) is 36.4 Å². The Balaban J connectivity index is 1.01. The minimum atomic E-state index is -0.0527. The maximum Gasteiger partial charge on any atom is 0.155 e. The van der Waals surface area contributed by atoms with Gasteiger partial charge in [-0.2, -0.15) is 0 Å². The molecule has 2 unspecified atom stereocenters. The van der Waals surface area contributed by atoms with Crippen LogP contribution in [0.4, 0.5) is 0 Å². The number of piperidine rings is 1. The van der Waals surface area contributed by atoms with Crippen molar-refractivity contribution in [2.45, 2.75) is 110 Å². The number of ether oxygens (including phenoxy) is 2. The van der Waals surface area contributed by atoms with E-state index in [2.05, 4.69) is 56.9 Å². The van der Waals surface area contributed by atoms with Gasteiger partial charge in [0.15, 0.2) is 5.78 Å². The van der Waals surface area contributed by atoms with E-state index in [1.54, 1.807) is 11.1 Å². The number of allylic oxidation sites excluding steroid dienone is 3. The topological polar surface area (TPSA) is 38.8 Å². The minimum absolute atomic E-state index is 0.0527. The third-order valence-electron chi connectivity index (χ3n) is 13.4. The van der Waals surface area contributed by atoms with Crippen molar-refractivity contribution < 1.29 is 14.3 Å². The Morgan fingerprint density at radius 3 is 2.56 bits per heavy atom. The number of carbonyl (C=O) groups is 1. The van der Waals surface area contributed by atoms with Crippen molar-refractivity contribution in [1.29, 1.82) is 0 Å². The lowest BCUT2D eigenvalue weighted by atomic mass is 9.56. The molecule has 2 saturated carbocycles. The molecule has 1 spiro atoms. The summed E-state index contributed by atoms with van der Waals surface area (Å²) in [6.45, 7) is 12.0. The van der Waals surface area contributed by atoms with Gasteiger partial charge in [-0.1, -0.05) is 67.8 Å². The zero-order valence-corrected chi connectivity index (χ0v) is 27.8. The van der Waals surface area contributed by atoms with Crippen molar-refractivity contribution in [2.24, 2.45) is 35.0 Å². The Morgan fingerprint density at radius 2 is 1.76 bits per heavy atom. The van der Waals surface area contributed by atoms with Crippen LogP contribution in [0, 0.1) is 35.0 Å². The normalized spacial score (nSPS) is 39.5. The van der Waals surface area contributed by atoms with Gasteiger partial charge < -0.3 is 9.47 Å². The molecule has 4 fully saturated rings. The molecule has 2 aliphatic heterocycles. The maximum atomic E-state index is 12.3. The van der Waals surface area contributed by atoms with Crippen molar-refractivity contribution in [3.63, 3.8) is 0 Å². The fourth-order valence-corrected chi connectivity index (χ4v) is 11.2. The fraction of sp³-hybridized carbons (Fsp3) is 0.585. The largest absolute Gasteiger partial charge is 0.457 e. The lowest BCUT2D eigenvalue weighted by Gasteiger charge is -2.48. The second-order valence-electron chi connectivity index (χ2n) is 16.0. The fourth-order valence-electron chi connectivity index (χ4n) is 11.2. The van der Waals surface area contributed by atoms with Crippen LogP contribution >= 0.6 is 0 Å². The van der Waals surface area contributed by atoms with Crippen LogP contribution in [0.3, 0.4) is 0 Å². The van der Waals surface area contributed by atoms with E-state index >= 15 is 0 Å². The van der Waals surface area contributed by atoms with E-state index in [0.29, 0.717) is 41.6 Å². The first-order chi connectivity index (χ1) is 21.7. The van der Waals surface area contributed by atoms with E-state index in [-0.39, 0.29) is 11.0 Å². The molecule has 8 rings (SSSR count). The number of carbonyl (C=O) groups excluding carboxylic acids is 1. The van der Waals surface area contributed by atoms with Gasteiger partial charge in [0.2, 0.25) is 0 Å². The summed E-state index contributed by atoms with van der Waals surface area (Å²) in [6.07, 6.45) is 12.5. The molecule has 0 aromatic heterocycles. The quantitative estimate of drug-likeness (QED) is 0.326. The van der Waals surface area contributed by atoms with Crippen LogP contribution in [0.2, 0.25) is 0 Å². The molecule has 238 valence electrons. The van der Waals surface area contributed by atoms with Crippen LogP contribution in [-0.2, 0) is 16.1 Å². The molecule has 4 heteroatoms. The number of ketones is 1. The average molecular weight is 606 g/mol. The Morgan fingerprint density at radius 1 is 0.978 bits per heavy atom. The number of nitrogens with zero attached hydrogens (tertiary/aromatic N) is 1. The van der Waals surface area contributed by atoms with Crippen LogP contribution in [-0.4, -0.2) is 35.0 Å².